The molecular weight excluding hydrogens is 504 g/mol. The van der Waals surface area contributed by atoms with Gasteiger partial charge >= 0.3 is 29.8 Å². The summed E-state index contributed by atoms with van der Waals surface area (Å²) in [7, 11) is 1.45. The molecule has 0 unspecified atom stereocenters. The van der Waals surface area contributed by atoms with E-state index >= 15 is 0 Å². The summed E-state index contributed by atoms with van der Waals surface area (Å²) in [6, 6.07) is 0. The molecule has 0 aromatic carbocycles. The second-order valence-corrected chi connectivity index (χ2v) is 9.00. The van der Waals surface area contributed by atoms with Gasteiger partial charge in [0.05, 0.1) is 30.7 Å². The predicted octanol–water partition coefficient (Wildman–Crippen LogP) is 2.39. The molecule has 0 aliphatic rings. The highest BCUT2D eigenvalue weighted by atomic mass is 16.6. The number of esters is 5. The van der Waals surface area contributed by atoms with Crippen molar-refractivity contribution in [3.63, 3.8) is 0 Å². The summed E-state index contributed by atoms with van der Waals surface area (Å²) in [4.78, 5) is 59.5. The van der Waals surface area contributed by atoms with Gasteiger partial charge in [-0.3, -0.25) is 24.0 Å². The van der Waals surface area contributed by atoms with Gasteiger partial charge in [-0.15, -0.1) is 0 Å². The lowest BCUT2D eigenvalue weighted by Crippen LogP contribution is -2.46. The van der Waals surface area contributed by atoms with Crippen LogP contribution in [0.1, 0.15) is 66.7 Å². The highest BCUT2D eigenvalue weighted by molar-refractivity contribution is 5.70. The Kier molecular flexibility index (Phi) is 18.0. The van der Waals surface area contributed by atoms with Crippen molar-refractivity contribution in [3.8, 4) is 0 Å². The fraction of sp³-hybridized carbons (Fsp3) is 0.808. The van der Waals surface area contributed by atoms with Crippen molar-refractivity contribution in [1.82, 2.24) is 0 Å². The van der Waals surface area contributed by atoms with Crippen molar-refractivity contribution in [3.05, 3.63) is 0 Å². The third kappa shape index (κ3) is 14.3. The summed E-state index contributed by atoms with van der Waals surface area (Å²) < 4.78 is 38.0. The summed E-state index contributed by atoms with van der Waals surface area (Å²) in [6.45, 7) is 6.86. The zero-order valence-corrected chi connectivity index (χ0v) is 23.6. The van der Waals surface area contributed by atoms with Gasteiger partial charge in [-0.05, 0) is 0 Å². The predicted molar refractivity (Wildman–Crippen MR) is 134 cm³/mol. The molecule has 0 aromatic rings. The number of hydrogen-bond donors (Lipinski definition) is 0. The Labute approximate surface area is 224 Å². The van der Waals surface area contributed by atoms with E-state index in [1.165, 1.54) is 7.11 Å². The zero-order valence-electron chi connectivity index (χ0n) is 23.6. The van der Waals surface area contributed by atoms with E-state index in [0.29, 0.717) is 0 Å². The van der Waals surface area contributed by atoms with Crippen LogP contribution in [-0.4, -0.2) is 89.8 Å². The van der Waals surface area contributed by atoms with Crippen LogP contribution in [0.25, 0.3) is 0 Å². The Hall–Kier alpha value is -2.73. The summed E-state index contributed by atoms with van der Waals surface area (Å²) in [5, 5.41) is 0. The normalized spacial score (nSPS) is 11.4. The van der Waals surface area contributed by atoms with Crippen LogP contribution in [0.5, 0.6) is 0 Å². The SMILES string of the molecule is CCC(=O)OCC(COC)(COCC(COC(=O)CC)(COC(=O)CC)COC(=O)CC)COC(=O)CC. The number of carbonyl (C=O) groups excluding carboxylic acids is 5. The molecule has 0 N–H and O–H groups in total. The molecule has 0 rings (SSSR count). The van der Waals surface area contributed by atoms with E-state index in [1.54, 1.807) is 34.6 Å². The summed E-state index contributed by atoms with van der Waals surface area (Å²) >= 11 is 0. The van der Waals surface area contributed by atoms with E-state index < -0.39 is 40.7 Å². The molecule has 0 saturated heterocycles. The highest BCUT2D eigenvalue weighted by Crippen LogP contribution is 2.26. The zero-order chi connectivity index (χ0) is 29.0. The van der Waals surface area contributed by atoms with E-state index in [-0.39, 0.29) is 85.0 Å². The molecule has 0 aliphatic heterocycles. The van der Waals surface area contributed by atoms with Crippen LogP contribution in [0.2, 0.25) is 0 Å². The van der Waals surface area contributed by atoms with E-state index in [4.69, 9.17) is 33.2 Å². The first-order chi connectivity index (χ1) is 18.0. The van der Waals surface area contributed by atoms with E-state index in [1.807, 2.05) is 0 Å². The first-order valence-corrected chi connectivity index (χ1v) is 12.9. The Balaban J connectivity index is 5.95. The Morgan fingerprint density at radius 3 is 0.868 bits per heavy atom. The maximum atomic E-state index is 11.9. The van der Waals surface area contributed by atoms with Gasteiger partial charge in [-0.1, -0.05) is 34.6 Å². The van der Waals surface area contributed by atoms with Crippen molar-refractivity contribution < 1.29 is 57.1 Å². The minimum atomic E-state index is -1.22. The van der Waals surface area contributed by atoms with Gasteiger partial charge < -0.3 is 33.2 Å². The van der Waals surface area contributed by atoms with Crippen LogP contribution in [0.15, 0.2) is 0 Å². The summed E-state index contributed by atoms with van der Waals surface area (Å²) in [5.74, 6) is -2.39. The van der Waals surface area contributed by atoms with Gasteiger partial charge in [0.25, 0.3) is 0 Å². The Morgan fingerprint density at radius 2 is 0.658 bits per heavy atom. The first-order valence-electron chi connectivity index (χ1n) is 12.9. The van der Waals surface area contributed by atoms with Crippen LogP contribution < -0.4 is 0 Å². The van der Waals surface area contributed by atoms with Crippen molar-refractivity contribution in [2.75, 3.05) is 60.0 Å². The smallest absolute Gasteiger partial charge is 0.305 e. The Morgan fingerprint density at radius 1 is 0.421 bits per heavy atom. The fourth-order valence-corrected chi connectivity index (χ4v) is 2.97. The second kappa shape index (κ2) is 19.4. The standard InChI is InChI=1S/C26H44O12/c1-7-20(27)34-15-25(12-32-6,16-35-21(28)8-2)13-33-14-26(17-36-22(29)9-3,18-37-23(30)10-4)19-38-24(31)11-5/h7-19H2,1-6H3. The number of carbonyl (C=O) groups is 5. The Bertz CT molecular complexity index is 678. The average Bonchev–Trinajstić information content (AvgIpc) is 2.94. The number of hydrogen-bond acceptors (Lipinski definition) is 12. The molecule has 0 bridgehead atoms. The number of ether oxygens (including phenoxy) is 7. The molecular formula is C26H44O12. The van der Waals surface area contributed by atoms with Gasteiger partial charge in [0.2, 0.25) is 0 Å². The van der Waals surface area contributed by atoms with Crippen molar-refractivity contribution >= 4 is 29.8 Å². The molecule has 0 heterocycles. The minimum Gasteiger partial charge on any atom is -0.465 e. The molecule has 0 aliphatic carbocycles. The van der Waals surface area contributed by atoms with Crippen molar-refractivity contribution in [2.24, 2.45) is 10.8 Å². The monoisotopic (exact) mass is 548 g/mol. The molecule has 0 saturated carbocycles. The van der Waals surface area contributed by atoms with Crippen LogP contribution in [0.3, 0.4) is 0 Å². The lowest BCUT2D eigenvalue weighted by atomic mass is 9.90. The minimum absolute atomic E-state index is 0.0223. The van der Waals surface area contributed by atoms with E-state index in [2.05, 4.69) is 0 Å². The molecule has 0 aromatic heterocycles. The molecule has 220 valence electrons. The molecule has 0 spiro atoms. The highest BCUT2D eigenvalue weighted by Gasteiger charge is 2.39. The van der Waals surface area contributed by atoms with Crippen LogP contribution in [0, 0.1) is 10.8 Å². The van der Waals surface area contributed by atoms with Crippen LogP contribution in [-0.2, 0) is 57.1 Å². The lowest BCUT2D eigenvalue weighted by molar-refractivity contribution is -0.173. The number of rotatable bonds is 21. The average molecular weight is 549 g/mol. The first kappa shape index (κ1) is 35.3. The molecule has 0 amide bonds. The molecule has 0 fully saturated rings. The lowest BCUT2D eigenvalue weighted by Gasteiger charge is -2.35. The maximum Gasteiger partial charge on any atom is 0.305 e. The largest absolute Gasteiger partial charge is 0.465 e. The van der Waals surface area contributed by atoms with Crippen molar-refractivity contribution in [1.29, 1.82) is 0 Å². The third-order valence-electron chi connectivity index (χ3n) is 5.41. The van der Waals surface area contributed by atoms with E-state index in [9.17, 15) is 24.0 Å². The third-order valence-corrected chi connectivity index (χ3v) is 5.41. The molecule has 0 atom stereocenters. The maximum absolute atomic E-state index is 11.9. The van der Waals surface area contributed by atoms with Crippen LogP contribution in [0.4, 0.5) is 0 Å². The summed E-state index contributed by atoms with van der Waals surface area (Å²) in [6.07, 6.45) is 0.640. The quantitative estimate of drug-likeness (QED) is 0.153. The fourth-order valence-electron chi connectivity index (χ4n) is 2.97. The van der Waals surface area contributed by atoms with Crippen molar-refractivity contribution in [2.45, 2.75) is 66.7 Å². The van der Waals surface area contributed by atoms with E-state index in [0.717, 1.165) is 0 Å². The summed E-state index contributed by atoms with van der Waals surface area (Å²) in [5.41, 5.74) is -2.28. The van der Waals surface area contributed by atoms with Gasteiger partial charge in [0, 0.05) is 39.2 Å². The molecule has 38 heavy (non-hydrogen) atoms. The van der Waals surface area contributed by atoms with Gasteiger partial charge in [-0.2, -0.15) is 0 Å². The topological polar surface area (TPSA) is 150 Å². The van der Waals surface area contributed by atoms with Crippen LogP contribution >= 0.6 is 0 Å². The second-order valence-electron chi connectivity index (χ2n) is 9.00. The molecule has 12 nitrogen and oxygen atoms in total. The van der Waals surface area contributed by atoms with Gasteiger partial charge in [-0.25, -0.2) is 0 Å². The van der Waals surface area contributed by atoms with Gasteiger partial charge in [0.1, 0.15) is 33.0 Å². The van der Waals surface area contributed by atoms with Gasteiger partial charge in [0.15, 0.2) is 0 Å². The number of methoxy groups -OCH3 is 1. The molecule has 12 heteroatoms. The molecule has 0 radical (unpaired) electrons.